The molecule has 0 bridgehead atoms. The first-order valence-corrected chi connectivity index (χ1v) is 11.9. The number of hydrogen-bond acceptors (Lipinski definition) is 6. The van der Waals surface area contributed by atoms with Crippen LogP contribution in [-0.4, -0.2) is 30.5 Å². The maximum absolute atomic E-state index is 12.5. The molecular weight excluding hydrogens is 438 g/mol. The van der Waals surface area contributed by atoms with E-state index in [1.165, 1.54) is 18.5 Å². The number of rotatable bonds is 7. The molecule has 0 aliphatic heterocycles. The number of benzene rings is 3. The lowest BCUT2D eigenvalue weighted by Gasteiger charge is -2.10. The Morgan fingerprint density at radius 2 is 1.42 bits per heavy atom. The maximum atomic E-state index is 12.5. The quantitative estimate of drug-likeness (QED) is 0.375. The van der Waals surface area contributed by atoms with Gasteiger partial charge in [-0.2, -0.15) is 0 Å². The highest BCUT2D eigenvalue weighted by Crippen LogP contribution is 2.22. The van der Waals surface area contributed by atoms with Gasteiger partial charge in [-0.3, -0.25) is 9.52 Å². The minimum absolute atomic E-state index is 0.301. The lowest BCUT2D eigenvalue weighted by molar-refractivity contribution is 0.102. The van der Waals surface area contributed by atoms with Crippen molar-refractivity contribution >= 4 is 38.8 Å². The highest BCUT2D eigenvalue weighted by Gasteiger charge is 2.08. The second-order valence-corrected chi connectivity index (χ2v) is 9.01. The van der Waals surface area contributed by atoms with Crippen LogP contribution in [0.5, 0.6) is 0 Å². The highest BCUT2D eigenvalue weighted by molar-refractivity contribution is 7.92. The predicted molar refractivity (Wildman–Crippen MR) is 130 cm³/mol. The van der Waals surface area contributed by atoms with E-state index >= 15 is 0 Å². The van der Waals surface area contributed by atoms with Gasteiger partial charge in [0.15, 0.2) is 0 Å². The van der Waals surface area contributed by atoms with E-state index in [1.54, 1.807) is 24.3 Å². The van der Waals surface area contributed by atoms with Crippen LogP contribution in [0, 0.1) is 0 Å². The van der Waals surface area contributed by atoms with Gasteiger partial charge >= 0.3 is 0 Å². The average Bonchev–Trinajstić information content (AvgIpc) is 2.80. The van der Waals surface area contributed by atoms with Crippen molar-refractivity contribution in [2.45, 2.75) is 0 Å². The summed E-state index contributed by atoms with van der Waals surface area (Å²) in [5.74, 6) is 0.355. The molecule has 0 fully saturated rings. The molecule has 0 spiro atoms. The molecule has 1 heterocycles. The zero-order valence-electron chi connectivity index (χ0n) is 17.7. The van der Waals surface area contributed by atoms with Crippen molar-refractivity contribution in [2.24, 2.45) is 0 Å². The Morgan fingerprint density at radius 1 is 0.788 bits per heavy atom. The molecule has 0 atom stereocenters. The molecule has 8 nitrogen and oxygen atoms in total. The zero-order chi connectivity index (χ0) is 23.3. The topological polar surface area (TPSA) is 113 Å². The van der Waals surface area contributed by atoms with Crippen LogP contribution >= 0.6 is 0 Å². The van der Waals surface area contributed by atoms with Gasteiger partial charge in [-0.1, -0.05) is 30.3 Å². The fraction of sp³-hybridized carbons (Fsp3) is 0.0417. The van der Waals surface area contributed by atoms with Crippen LogP contribution in [0.1, 0.15) is 10.4 Å². The summed E-state index contributed by atoms with van der Waals surface area (Å²) in [6.07, 6.45) is 2.58. The smallest absolute Gasteiger partial charge is 0.255 e. The van der Waals surface area contributed by atoms with Crippen molar-refractivity contribution in [1.29, 1.82) is 0 Å². The second kappa shape index (κ2) is 9.49. The largest absolute Gasteiger partial charge is 0.340 e. The molecule has 0 radical (unpaired) electrons. The summed E-state index contributed by atoms with van der Waals surface area (Å²) in [4.78, 5) is 21.1. The Hall–Kier alpha value is -4.24. The zero-order valence-corrected chi connectivity index (χ0v) is 18.5. The van der Waals surface area contributed by atoms with Crippen molar-refractivity contribution < 1.29 is 13.2 Å². The molecule has 1 amide bonds. The van der Waals surface area contributed by atoms with Crippen LogP contribution in [0.25, 0.3) is 11.3 Å². The first-order chi connectivity index (χ1) is 15.9. The first-order valence-electron chi connectivity index (χ1n) is 9.99. The summed E-state index contributed by atoms with van der Waals surface area (Å²) in [5, 5.41) is 6.05. The normalized spacial score (nSPS) is 10.9. The third-order valence-corrected chi connectivity index (χ3v) is 5.21. The summed E-state index contributed by atoms with van der Waals surface area (Å²) < 4.78 is 24.9. The van der Waals surface area contributed by atoms with Gasteiger partial charge < -0.3 is 10.6 Å². The number of aromatic nitrogens is 2. The minimum Gasteiger partial charge on any atom is -0.340 e. The SMILES string of the molecule is CS(=O)(=O)Nc1ccc(C(=O)Nc2ccc(Nc3cc(-c4ccccc4)ncn3)cc2)cc1. The number of amides is 1. The summed E-state index contributed by atoms with van der Waals surface area (Å²) >= 11 is 0. The van der Waals surface area contributed by atoms with Gasteiger partial charge in [0, 0.05) is 34.3 Å². The van der Waals surface area contributed by atoms with Gasteiger partial charge in [0.1, 0.15) is 12.1 Å². The van der Waals surface area contributed by atoms with Gasteiger partial charge in [-0.15, -0.1) is 0 Å². The number of carbonyl (C=O) groups excluding carboxylic acids is 1. The summed E-state index contributed by atoms with van der Waals surface area (Å²) in [6, 6.07) is 25.1. The Kier molecular flexibility index (Phi) is 6.32. The standard InChI is InChI=1S/C24H21N5O3S/c1-33(31,32)29-21-9-7-18(8-10-21)24(30)28-20-13-11-19(12-14-20)27-23-15-22(25-16-26-23)17-5-3-2-4-6-17/h2-16,29H,1H3,(H,28,30)(H,25,26,27). The van der Waals surface area contributed by atoms with Crippen LogP contribution in [0.15, 0.2) is 91.3 Å². The van der Waals surface area contributed by atoms with Crippen molar-refractivity contribution in [2.75, 3.05) is 21.6 Å². The molecule has 9 heteroatoms. The number of carbonyl (C=O) groups is 1. The minimum atomic E-state index is -3.37. The Bertz CT molecular complexity index is 1360. The molecule has 0 aliphatic carbocycles. The van der Waals surface area contributed by atoms with E-state index < -0.39 is 10.0 Å². The Morgan fingerprint density at radius 3 is 2.09 bits per heavy atom. The molecule has 4 rings (SSSR count). The Labute approximate surface area is 191 Å². The van der Waals surface area contributed by atoms with Crippen molar-refractivity contribution in [3.05, 3.63) is 96.8 Å². The second-order valence-electron chi connectivity index (χ2n) is 7.26. The molecule has 1 aromatic heterocycles. The summed E-state index contributed by atoms with van der Waals surface area (Å²) in [7, 11) is -3.37. The molecule has 0 saturated carbocycles. The number of hydrogen-bond donors (Lipinski definition) is 3. The van der Waals surface area contributed by atoms with Crippen LogP contribution in [-0.2, 0) is 10.0 Å². The van der Waals surface area contributed by atoms with Crippen LogP contribution < -0.4 is 15.4 Å². The fourth-order valence-corrected chi connectivity index (χ4v) is 3.65. The number of anilines is 4. The first kappa shape index (κ1) is 22.0. The third kappa shape index (κ3) is 6.14. The molecule has 3 N–H and O–H groups in total. The molecular formula is C24H21N5O3S. The van der Waals surface area contributed by atoms with Crippen molar-refractivity contribution in [3.8, 4) is 11.3 Å². The molecule has 3 aromatic carbocycles. The van der Waals surface area contributed by atoms with Gasteiger partial charge in [0.05, 0.1) is 11.9 Å². The van der Waals surface area contributed by atoms with Crippen molar-refractivity contribution in [3.63, 3.8) is 0 Å². The highest BCUT2D eigenvalue weighted by atomic mass is 32.2. The van der Waals surface area contributed by atoms with E-state index in [0.29, 0.717) is 22.8 Å². The predicted octanol–water partition coefficient (Wildman–Crippen LogP) is 4.51. The number of nitrogens with one attached hydrogen (secondary N) is 3. The number of sulfonamides is 1. The van der Waals surface area contributed by atoms with Crippen molar-refractivity contribution in [1.82, 2.24) is 9.97 Å². The van der Waals surface area contributed by atoms with E-state index in [4.69, 9.17) is 0 Å². The fourth-order valence-electron chi connectivity index (χ4n) is 3.08. The maximum Gasteiger partial charge on any atom is 0.255 e. The van der Waals surface area contributed by atoms with Crippen LogP contribution in [0.2, 0.25) is 0 Å². The van der Waals surface area contributed by atoms with E-state index in [2.05, 4.69) is 25.3 Å². The van der Waals surface area contributed by atoms with E-state index in [1.807, 2.05) is 48.5 Å². The lowest BCUT2D eigenvalue weighted by Crippen LogP contribution is -2.13. The van der Waals surface area contributed by atoms with E-state index in [0.717, 1.165) is 23.2 Å². The summed E-state index contributed by atoms with van der Waals surface area (Å²) in [5.41, 5.74) is 4.05. The third-order valence-electron chi connectivity index (χ3n) is 4.60. The van der Waals surface area contributed by atoms with Gasteiger partial charge in [0.2, 0.25) is 10.0 Å². The van der Waals surface area contributed by atoms with E-state index in [9.17, 15) is 13.2 Å². The molecule has 33 heavy (non-hydrogen) atoms. The lowest BCUT2D eigenvalue weighted by atomic mass is 10.1. The van der Waals surface area contributed by atoms with E-state index in [-0.39, 0.29) is 5.91 Å². The molecule has 0 aliphatic rings. The van der Waals surface area contributed by atoms with Crippen LogP contribution in [0.4, 0.5) is 22.9 Å². The molecule has 0 saturated heterocycles. The molecule has 166 valence electrons. The summed E-state index contributed by atoms with van der Waals surface area (Å²) in [6.45, 7) is 0. The van der Waals surface area contributed by atoms with Crippen LogP contribution in [0.3, 0.4) is 0 Å². The average molecular weight is 460 g/mol. The van der Waals surface area contributed by atoms with Gasteiger partial charge in [0.25, 0.3) is 5.91 Å². The molecule has 4 aromatic rings. The van der Waals surface area contributed by atoms with Gasteiger partial charge in [-0.25, -0.2) is 18.4 Å². The van der Waals surface area contributed by atoms with Gasteiger partial charge in [-0.05, 0) is 48.5 Å². The molecule has 0 unspecified atom stereocenters. The number of nitrogens with zero attached hydrogens (tertiary/aromatic N) is 2. The monoisotopic (exact) mass is 459 g/mol. The Balaban J connectivity index is 1.39.